The molecule has 0 aliphatic carbocycles. The highest BCUT2D eigenvalue weighted by Crippen LogP contribution is 2.39. The molecule has 7 heteroatoms. The highest BCUT2D eigenvalue weighted by molar-refractivity contribution is 5.92. The van der Waals surface area contributed by atoms with E-state index in [0.717, 1.165) is 0 Å². The van der Waals surface area contributed by atoms with Gasteiger partial charge in [0.1, 0.15) is 17.2 Å². The zero-order chi connectivity index (χ0) is 15.4. The smallest absolute Gasteiger partial charge is 0.340 e. The largest absolute Gasteiger partial charge is 0.468 e. The molecule has 0 saturated carbocycles. The Morgan fingerprint density at radius 1 is 1.43 bits per heavy atom. The van der Waals surface area contributed by atoms with E-state index in [-0.39, 0.29) is 23.0 Å². The second kappa shape index (κ2) is 5.96. The number of allylic oxidation sites excluding steroid dienone is 1. The van der Waals surface area contributed by atoms with Gasteiger partial charge in [-0.3, -0.25) is 4.98 Å². The summed E-state index contributed by atoms with van der Waals surface area (Å²) in [5.74, 6) is -1.59. The van der Waals surface area contributed by atoms with Gasteiger partial charge < -0.3 is 19.9 Å². The molecule has 0 saturated heterocycles. The van der Waals surface area contributed by atoms with Crippen LogP contribution in [0.15, 0.2) is 47.5 Å². The third-order valence-electron chi connectivity index (χ3n) is 3.02. The minimum absolute atomic E-state index is 0.0375. The molecule has 0 bridgehead atoms. The second-order valence-corrected chi connectivity index (χ2v) is 4.10. The summed E-state index contributed by atoms with van der Waals surface area (Å²) >= 11 is 0. The van der Waals surface area contributed by atoms with Crippen molar-refractivity contribution in [3.8, 4) is 6.07 Å². The van der Waals surface area contributed by atoms with Crippen molar-refractivity contribution in [3.05, 3.63) is 53.1 Å². The average Bonchev–Trinajstić information content (AvgIpc) is 2.53. The third kappa shape index (κ3) is 2.51. The zero-order valence-corrected chi connectivity index (χ0v) is 11.5. The van der Waals surface area contributed by atoms with Crippen LogP contribution in [-0.2, 0) is 19.0 Å². The van der Waals surface area contributed by atoms with Crippen LogP contribution in [0.2, 0.25) is 0 Å². The summed E-state index contributed by atoms with van der Waals surface area (Å²) in [5, 5.41) is 9.38. The molecule has 108 valence electrons. The van der Waals surface area contributed by atoms with Gasteiger partial charge in [0.15, 0.2) is 0 Å². The van der Waals surface area contributed by atoms with Crippen LogP contribution < -0.4 is 5.73 Å². The van der Waals surface area contributed by atoms with Crippen LogP contribution in [0.4, 0.5) is 0 Å². The van der Waals surface area contributed by atoms with Crippen molar-refractivity contribution in [2.45, 2.75) is 5.92 Å². The summed E-state index contributed by atoms with van der Waals surface area (Å²) in [6.07, 6.45) is 3.11. The van der Waals surface area contributed by atoms with Gasteiger partial charge >= 0.3 is 11.9 Å². The fourth-order valence-electron chi connectivity index (χ4n) is 2.09. The molecule has 2 heterocycles. The van der Waals surface area contributed by atoms with Crippen molar-refractivity contribution in [2.24, 2.45) is 5.73 Å². The van der Waals surface area contributed by atoms with E-state index in [1.165, 1.54) is 14.2 Å². The molecule has 1 aliphatic rings. The number of nitrogens with zero attached hydrogens (tertiary/aromatic N) is 2. The number of hydrogen-bond acceptors (Lipinski definition) is 7. The minimum atomic E-state index is -0.728. The van der Waals surface area contributed by atoms with E-state index >= 15 is 0 Å². The van der Waals surface area contributed by atoms with Crippen LogP contribution in [0, 0.1) is 11.3 Å². The maximum absolute atomic E-state index is 12.0. The second-order valence-electron chi connectivity index (χ2n) is 4.10. The molecule has 0 unspecified atom stereocenters. The Bertz CT molecular complexity index is 659. The molecule has 0 radical (unpaired) electrons. The fourth-order valence-corrected chi connectivity index (χ4v) is 2.09. The summed E-state index contributed by atoms with van der Waals surface area (Å²) in [7, 11) is 2.58. The van der Waals surface area contributed by atoms with Gasteiger partial charge in [-0.1, -0.05) is 0 Å². The van der Waals surface area contributed by atoms with Gasteiger partial charge in [0.05, 0.1) is 20.1 Å². The average molecular weight is 287 g/mol. The first-order valence-electron chi connectivity index (χ1n) is 5.98. The van der Waals surface area contributed by atoms with Gasteiger partial charge in [-0.05, 0) is 17.7 Å². The Hall–Kier alpha value is -3.01. The number of nitrogens with two attached hydrogens (primary N) is 1. The molecule has 2 rings (SSSR count). The molecule has 1 aromatic heterocycles. The van der Waals surface area contributed by atoms with E-state index in [0.29, 0.717) is 5.56 Å². The molecule has 2 N–H and O–H groups in total. The fraction of sp³-hybridized carbons (Fsp3) is 0.214. The molecule has 21 heavy (non-hydrogen) atoms. The van der Waals surface area contributed by atoms with Crippen LogP contribution in [0.1, 0.15) is 11.5 Å². The van der Waals surface area contributed by atoms with Crippen LogP contribution in [-0.4, -0.2) is 25.2 Å². The maximum atomic E-state index is 12.0. The predicted molar refractivity (Wildman–Crippen MR) is 70.9 cm³/mol. The molecule has 1 atom stereocenters. The normalized spacial score (nSPS) is 17.9. The first-order chi connectivity index (χ1) is 10.1. The minimum Gasteiger partial charge on any atom is -0.468 e. The molecule has 0 aromatic carbocycles. The molecule has 0 fully saturated rings. The molecular formula is C14H13N3O4. The molecule has 7 nitrogen and oxygen atoms in total. The standard InChI is InChI=1S/C14H13N3O4/c1-19-13(18)11-10(8-3-5-17-6-4-8)9(7-15)14(20-2)21-12(11)16/h3-6,10H,16H2,1-2H3/t10-/m1/s1. The first kappa shape index (κ1) is 14.4. The molecule has 0 spiro atoms. The summed E-state index contributed by atoms with van der Waals surface area (Å²) in [6, 6.07) is 5.35. The van der Waals surface area contributed by atoms with E-state index in [9.17, 15) is 10.1 Å². The van der Waals surface area contributed by atoms with Crippen molar-refractivity contribution in [2.75, 3.05) is 14.2 Å². The number of aromatic nitrogens is 1. The van der Waals surface area contributed by atoms with E-state index < -0.39 is 11.9 Å². The maximum Gasteiger partial charge on any atom is 0.340 e. The lowest BCUT2D eigenvalue weighted by molar-refractivity contribution is -0.136. The number of methoxy groups -OCH3 is 2. The zero-order valence-electron chi connectivity index (χ0n) is 11.5. The topological polar surface area (TPSA) is 107 Å². The summed E-state index contributed by atoms with van der Waals surface area (Å²) < 4.78 is 15.0. The Morgan fingerprint density at radius 2 is 2.10 bits per heavy atom. The number of rotatable bonds is 3. The molecule has 1 aromatic rings. The summed E-state index contributed by atoms with van der Waals surface area (Å²) in [5.41, 5.74) is 6.63. The van der Waals surface area contributed by atoms with Gasteiger partial charge in [0.25, 0.3) is 0 Å². The Labute approximate surface area is 121 Å². The number of nitriles is 1. The third-order valence-corrected chi connectivity index (χ3v) is 3.02. The van der Waals surface area contributed by atoms with E-state index in [4.69, 9.17) is 19.9 Å². The van der Waals surface area contributed by atoms with E-state index in [2.05, 4.69) is 4.98 Å². The lowest BCUT2D eigenvalue weighted by atomic mass is 9.84. The summed E-state index contributed by atoms with van der Waals surface area (Å²) in [6.45, 7) is 0. The van der Waals surface area contributed by atoms with Gasteiger partial charge in [-0.15, -0.1) is 0 Å². The highest BCUT2D eigenvalue weighted by atomic mass is 16.7. The highest BCUT2D eigenvalue weighted by Gasteiger charge is 2.38. The first-order valence-corrected chi connectivity index (χ1v) is 5.98. The van der Waals surface area contributed by atoms with Crippen LogP contribution in [0.25, 0.3) is 0 Å². The summed E-state index contributed by atoms with van der Waals surface area (Å²) in [4.78, 5) is 15.9. The van der Waals surface area contributed by atoms with Crippen molar-refractivity contribution < 1.29 is 19.0 Å². The number of carbonyl (C=O) groups is 1. The van der Waals surface area contributed by atoms with Gasteiger partial charge in [-0.2, -0.15) is 5.26 Å². The number of pyridine rings is 1. The molecule has 0 amide bonds. The van der Waals surface area contributed by atoms with E-state index in [1.807, 2.05) is 6.07 Å². The van der Waals surface area contributed by atoms with Crippen molar-refractivity contribution in [1.29, 1.82) is 5.26 Å². The lowest BCUT2D eigenvalue weighted by Crippen LogP contribution is -2.26. The van der Waals surface area contributed by atoms with Crippen LogP contribution >= 0.6 is 0 Å². The van der Waals surface area contributed by atoms with Crippen molar-refractivity contribution in [1.82, 2.24) is 4.98 Å². The lowest BCUT2D eigenvalue weighted by Gasteiger charge is -2.26. The molecular weight excluding hydrogens is 274 g/mol. The predicted octanol–water partition coefficient (Wildman–Crippen LogP) is 0.920. The van der Waals surface area contributed by atoms with Crippen molar-refractivity contribution in [3.63, 3.8) is 0 Å². The van der Waals surface area contributed by atoms with Gasteiger partial charge in [0.2, 0.25) is 5.88 Å². The quantitative estimate of drug-likeness (QED) is 0.823. The van der Waals surface area contributed by atoms with Crippen LogP contribution in [0.5, 0.6) is 0 Å². The van der Waals surface area contributed by atoms with Crippen LogP contribution in [0.3, 0.4) is 0 Å². The van der Waals surface area contributed by atoms with Gasteiger partial charge in [-0.25, -0.2) is 4.79 Å². The SMILES string of the molecule is COC(=O)C1=C(N)OC(OC)=C(C#N)[C@H]1c1ccncc1. The number of esters is 1. The Morgan fingerprint density at radius 3 is 2.62 bits per heavy atom. The monoisotopic (exact) mass is 287 g/mol. The molecule has 1 aliphatic heterocycles. The number of hydrogen-bond donors (Lipinski definition) is 1. The Kier molecular flexibility index (Phi) is 4.09. The number of ether oxygens (including phenoxy) is 3. The van der Waals surface area contributed by atoms with Crippen molar-refractivity contribution >= 4 is 5.97 Å². The van der Waals surface area contributed by atoms with E-state index in [1.54, 1.807) is 24.5 Å². The Balaban J connectivity index is 2.65. The van der Waals surface area contributed by atoms with Gasteiger partial charge in [0, 0.05) is 12.4 Å². The number of carbonyl (C=O) groups excluding carboxylic acids is 1.